The van der Waals surface area contributed by atoms with E-state index in [1.807, 2.05) is 24.3 Å². The molecule has 3 rings (SSSR count). The number of ketones is 2. The van der Waals surface area contributed by atoms with Gasteiger partial charge in [0.15, 0.2) is 5.78 Å². The Balaban J connectivity index is 1.77. The molecular weight excluding hydrogens is 276 g/mol. The van der Waals surface area contributed by atoms with E-state index in [0.717, 1.165) is 49.8 Å². The highest BCUT2D eigenvalue weighted by atomic mass is 16.1. The maximum absolute atomic E-state index is 12.4. The zero-order valence-electron chi connectivity index (χ0n) is 12.9. The monoisotopic (exact) mass is 300 g/mol. The van der Waals surface area contributed by atoms with Gasteiger partial charge >= 0.3 is 0 Å². The second-order valence-electron chi connectivity index (χ2n) is 6.44. The first-order valence-electron chi connectivity index (χ1n) is 8.41. The Morgan fingerprint density at radius 1 is 0.955 bits per heavy atom. The van der Waals surface area contributed by atoms with Crippen molar-refractivity contribution in [2.75, 3.05) is 5.43 Å². The highest BCUT2D eigenvalue weighted by Gasteiger charge is 2.32. The SMILES string of the molecule is O=C1CCCCCC(=O)C2CCCC2NNc2cccc1c2. The summed E-state index contributed by atoms with van der Waals surface area (Å²) in [4.78, 5) is 24.6. The van der Waals surface area contributed by atoms with Crippen LogP contribution < -0.4 is 10.9 Å². The fourth-order valence-corrected chi connectivity index (χ4v) is 3.56. The van der Waals surface area contributed by atoms with E-state index < -0.39 is 0 Å². The van der Waals surface area contributed by atoms with Crippen molar-refractivity contribution in [2.24, 2.45) is 5.92 Å². The second kappa shape index (κ2) is 7.05. The number of hydrogen-bond acceptors (Lipinski definition) is 4. The summed E-state index contributed by atoms with van der Waals surface area (Å²) in [6, 6.07) is 7.82. The molecule has 2 unspecified atom stereocenters. The number of hydrazine groups is 1. The van der Waals surface area contributed by atoms with Gasteiger partial charge in [0, 0.05) is 36.1 Å². The van der Waals surface area contributed by atoms with Crippen LogP contribution in [0, 0.1) is 5.92 Å². The molecule has 22 heavy (non-hydrogen) atoms. The molecule has 4 nitrogen and oxygen atoms in total. The Labute approximate surface area is 131 Å². The Morgan fingerprint density at radius 2 is 1.82 bits per heavy atom. The predicted molar refractivity (Wildman–Crippen MR) is 86.8 cm³/mol. The van der Waals surface area contributed by atoms with Gasteiger partial charge in [-0.15, -0.1) is 0 Å². The van der Waals surface area contributed by atoms with Crippen LogP contribution in [0.4, 0.5) is 5.69 Å². The number of rotatable bonds is 0. The van der Waals surface area contributed by atoms with Gasteiger partial charge in [0.2, 0.25) is 0 Å². The van der Waals surface area contributed by atoms with Crippen molar-refractivity contribution in [3.63, 3.8) is 0 Å². The smallest absolute Gasteiger partial charge is 0.162 e. The molecular formula is C18H24N2O2. The number of hydrogen-bond donors (Lipinski definition) is 2. The maximum atomic E-state index is 12.4. The van der Waals surface area contributed by atoms with Gasteiger partial charge in [0.25, 0.3) is 0 Å². The van der Waals surface area contributed by atoms with Gasteiger partial charge in [0.1, 0.15) is 5.78 Å². The number of carbonyl (C=O) groups is 2. The topological polar surface area (TPSA) is 58.2 Å². The molecule has 0 amide bonds. The predicted octanol–water partition coefficient (Wildman–Crippen LogP) is 3.49. The molecule has 0 saturated heterocycles. The van der Waals surface area contributed by atoms with Crippen LogP contribution in [0.5, 0.6) is 0 Å². The zero-order valence-corrected chi connectivity index (χ0v) is 12.9. The summed E-state index contributed by atoms with van der Waals surface area (Å²) in [5.41, 5.74) is 8.16. The van der Waals surface area contributed by atoms with Gasteiger partial charge < -0.3 is 5.43 Å². The number of carbonyl (C=O) groups excluding carboxylic acids is 2. The fraction of sp³-hybridized carbons (Fsp3) is 0.556. The van der Waals surface area contributed by atoms with E-state index in [4.69, 9.17) is 0 Å². The van der Waals surface area contributed by atoms with E-state index in [1.54, 1.807) is 0 Å². The molecule has 1 aliphatic carbocycles. The third kappa shape index (κ3) is 3.55. The highest BCUT2D eigenvalue weighted by molar-refractivity contribution is 5.96. The van der Waals surface area contributed by atoms with Crippen LogP contribution in [0.3, 0.4) is 0 Å². The summed E-state index contributed by atoms with van der Waals surface area (Å²) < 4.78 is 0. The summed E-state index contributed by atoms with van der Waals surface area (Å²) in [7, 11) is 0. The van der Waals surface area contributed by atoms with E-state index in [9.17, 15) is 9.59 Å². The molecule has 1 aromatic rings. The van der Waals surface area contributed by atoms with Gasteiger partial charge in [0.05, 0.1) is 0 Å². The van der Waals surface area contributed by atoms with E-state index in [-0.39, 0.29) is 17.7 Å². The molecule has 0 radical (unpaired) electrons. The van der Waals surface area contributed by atoms with Gasteiger partial charge in [-0.05, 0) is 37.8 Å². The Kier molecular flexibility index (Phi) is 4.88. The molecule has 1 saturated carbocycles. The van der Waals surface area contributed by atoms with Crippen LogP contribution in [0.15, 0.2) is 24.3 Å². The summed E-state index contributed by atoms with van der Waals surface area (Å²) in [5.74, 6) is 0.708. The third-order valence-electron chi connectivity index (χ3n) is 4.84. The molecule has 118 valence electrons. The van der Waals surface area contributed by atoms with Crippen LogP contribution in [0.2, 0.25) is 0 Å². The molecule has 1 aromatic carbocycles. The second-order valence-corrected chi connectivity index (χ2v) is 6.44. The summed E-state index contributed by atoms with van der Waals surface area (Å²) in [5, 5.41) is 0. The van der Waals surface area contributed by atoms with Crippen LogP contribution >= 0.6 is 0 Å². The lowest BCUT2D eigenvalue weighted by atomic mass is 9.94. The fourth-order valence-electron chi connectivity index (χ4n) is 3.56. The van der Waals surface area contributed by atoms with Crippen molar-refractivity contribution in [3.05, 3.63) is 29.8 Å². The first-order chi connectivity index (χ1) is 10.7. The Morgan fingerprint density at radius 3 is 2.73 bits per heavy atom. The molecule has 1 fully saturated rings. The van der Waals surface area contributed by atoms with Crippen molar-refractivity contribution in [1.82, 2.24) is 5.43 Å². The average Bonchev–Trinajstić information content (AvgIpc) is 3.00. The first kappa shape index (κ1) is 15.2. The third-order valence-corrected chi connectivity index (χ3v) is 4.84. The van der Waals surface area contributed by atoms with Crippen molar-refractivity contribution >= 4 is 17.3 Å². The molecule has 2 N–H and O–H groups in total. The summed E-state index contributed by atoms with van der Waals surface area (Å²) in [6.45, 7) is 0. The van der Waals surface area contributed by atoms with Gasteiger partial charge in [-0.3, -0.25) is 9.59 Å². The van der Waals surface area contributed by atoms with Crippen LogP contribution in [-0.2, 0) is 4.79 Å². The van der Waals surface area contributed by atoms with Crippen LogP contribution in [0.1, 0.15) is 61.7 Å². The number of anilines is 1. The standard InChI is InChI=1S/C18H24N2O2/c21-17-10-2-1-3-11-18(22)15-8-5-9-16(15)20-19-14-7-4-6-13(17)12-14/h4,6-7,12,15-16,19-20H,1-3,5,8-11H2. The number of nitrogens with one attached hydrogen (secondary N) is 2. The zero-order chi connectivity index (χ0) is 15.4. The quantitative estimate of drug-likeness (QED) is 0.770. The Hall–Kier alpha value is -1.68. The van der Waals surface area contributed by atoms with Crippen LogP contribution in [-0.4, -0.2) is 17.6 Å². The molecule has 2 atom stereocenters. The maximum Gasteiger partial charge on any atom is 0.162 e. The van der Waals surface area contributed by atoms with Gasteiger partial charge in [-0.2, -0.15) is 0 Å². The lowest BCUT2D eigenvalue weighted by molar-refractivity contribution is -0.123. The van der Waals surface area contributed by atoms with E-state index in [0.29, 0.717) is 18.6 Å². The van der Waals surface area contributed by atoms with Gasteiger partial charge in [-0.1, -0.05) is 25.0 Å². The van der Waals surface area contributed by atoms with E-state index in [1.165, 1.54) is 0 Å². The summed E-state index contributed by atoms with van der Waals surface area (Å²) in [6.07, 6.45) is 7.09. The minimum Gasteiger partial charge on any atom is -0.321 e. The molecule has 2 bridgehead atoms. The minimum absolute atomic E-state index is 0.139. The molecule has 2 aliphatic rings. The largest absolute Gasteiger partial charge is 0.321 e. The van der Waals surface area contributed by atoms with Gasteiger partial charge in [-0.25, -0.2) is 5.43 Å². The van der Waals surface area contributed by atoms with Crippen molar-refractivity contribution in [3.8, 4) is 0 Å². The number of fused-ring (bicyclic) bond motifs is 3. The molecule has 0 aromatic heterocycles. The minimum atomic E-state index is 0.139. The first-order valence-corrected chi connectivity index (χ1v) is 8.41. The van der Waals surface area contributed by atoms with E-state index >= 15 is 0 Å². The summed E-state index contributed by atoms with van der Waals surface area (Å²) >= 11 is 0. The van der Waals surface area contributed by atoms with Crippen LogP contribution in [0.25, 0.3) is 0 Å². The van der Waals surface area contributed by atoms with Crippen molar-refractivity contribution in [2.45, 2.75) is 57.4 Å². The number of Topliss-reactive ketones (excluding diaryl/α,β-unsaturated/α-hetero) is 2. The van der Waals surface area contributed by atoms with E-state index in [2.05, 4.69) is 10.9 Å². The lowest BCUT2D eigenvalue weighted by Crippen LogP contribution is -2.39. The van der Waals surface area contributed by atoms with Crippen molar-refractivity contribution < 1.29 is 9.59 Å². The lowest BCUT2D eigenvalue weighted by Gasteiger charge is -2.21. The number of benzene rings is 1. The molecule has 0 spiro atoms. The molecule has 1 aliphatic heterocycles. The highest BCUT2D eigenvalue weighted by Crippen LogP contribution is 2.28. The average molecular weight is 300 g/mol. The van der Waals surface area contributed by atoms with Crippen molar-refractivity contribution in [1.29, 1.82) is 0 Å². The normalized spacial score (nSPS) is 26.9. The molecule has 4 heteroatoms. The molecule has 1 heterocycles. The Bertz CT molecular complexity index is 556.